The van der Waals surface area contributed by atoms with Crippen molar-refractivity contribution >= 4 is 31.5 Å². The van der Waals surface area contributed by atoms with Gasteiger partial charge in [0.25, 0.3) is 0 Å². The molecule has 0 atom stereocenters. The summed E-state index contributed by atoms with van der Waals surface area (Å²) >= 11 is 4.13. The van der Waals surface area contributed by atoms with E-state index >= 15 is 0 Å². The molecule has 0 aliphatic heterocycles. The maximum Gasteiger partial charge on any atom is 0.120 e. The molecule has 0 radical (unpaired) electrons. The molecule has 0 bridgehead atoms. The SMILES string of the molecule is CC(C)CC=O.CC(C)CCC=O.CCC=O.CN.CNC.Cc1ccc(S)cc1. The molecule has 1 aromatic rings. The van der Waals surface area contributed by atoms with E-state index in [0.29, 0.717) is 24.7 Å². The number of rotatable bonds is 6. The number of benzene rings is 1. The van der Waals surface area contributed by atoms with Gasteiger partial charge in [-0.2, -0.15) is 0 Å². The van der Waals surface area contributed by atoms with Crippen molar-refractivity contribution in [3.8, 4) is 0 Å². The lowest BCUT2D eigenvalue weighted by molar-refractivity contribution is -0.109. The summed E-state index contributed by atoms with van der Waals surface area (Å²) in [6.07, 6.45) is 5.88. The largest absolute Gasteiger partial charge is 0.333 e. The summed E-state index contributed by atoms with van der Waals surface area (Å²) < 4.78 is 0. The first-order chi connectivity index (χ1) is 14.2. The third-order valence-corrected chi connectivity index (χ3v) is 2.93. The van der Waals surface area contributed by atoms with Gasteiger partial charge in [-0.3, -0.25) is 0 Å². The first-order valence-corrected chi connectivity index (χ1v) is 10.8. The number of aldehydes is 3. The second kappa shape index (κ2) is 38.1. The van der Waals surface area contributed by atoms with Crippen LogP contribution in [0.3, 0.4) is 0 Å². The van der Waals surface area contributed by atoms with Crippen molar-refractivity contribution in [1.29, 1.82) is 0 Å². The van der Waals surface area contributed by atoms with Gasteiger partial charge in [-0.05, 0) is 58.5 Å². The predicted octanol–water partition coefficient (Wildman–Crippen LogP) is 5.14. The fourth-order valence-corrected chi connectivity index (χ4v) is 1.29. The summed E-state index contributed by atoms with van der Waals surface area (Å²) in [5.74, 6) is 1.20. The molecule has 0 aromatic heterocycles. The van der Waals surface area contributed by atoms with E-state index in [2.05, 4.69) is 44.5 Å². The number of hydrogen-bond donors (Lipinski definition) is 3. The lowest BCUT2D eigenvalue weighted by atomic mass is 10.1. The highest BCUT2D eigenvalue weighted by molar-refractivity contribution is 7.80. The highest BCUT2D eigenvalue weighted by Gasteiger charge is 1.89. The Morgan fingerprint density at radius 2 is 1.30 bits per heavy atom. The highest BCUT2D eigenvalue weighted by Crippen LogP contribution is 2.05. The van der Waals surface area contributed by atoms with E-state index in [-0.39, 0.29) is 0 Å². The van der Waals surface area contributed by atoms with E-state index in [0.717, 1.165) is 36.6 Å². The van der Waals surface area contributed by atoms with Crippen LogP contribution >= 0.6 is 12.6 Å². The molecule has 0 fully saturated rings. The molecule has 0 aliphatic carbocycles. The molecule has 0 heterocycles. The molecule has 0 unspecified atom stereocenters. The molecule has 0 saturated heterocycles. The van der Waals surface area contributed by atoms with Crippen LogP contribution in [0.5, 0.6) is 0 Å². The molecule has 6 heteroatoms. The predicted molar refractivity (Wildman–Crippen MR) is 136 cm³/mol. The van der Waals surface area contributed by atoms with E-state index < -0.39 is 0 Å². The Labute approximate surface area is 192 Å². The average Bonchev–Trinajstić information content (AvgIpc) is 2.72. The van der Waals surface area contributed by atoms with Crippen LogP contribution < -0.4 is 11.1 Å². The van der Waals surface area contributed by atoms with Gasteiger partial charge in [0.1, 0.15) is 18.9 Å². The van der Waals surface area contributed by atoms with E-state index in [1.165, 1.54) is 12.6 Å². The minimum absolute atomic E-state index is 0.530. The van der Waals surface area contributed by atoms with Gasteiger partial charge in [0, 0.05) is 24.2 Å². The van der Waals surface area contributed by atoms with Gasteiger partial charge in [0.15, 0.2) is 0 Å². The third kappa shape index (κ3) is 63.3. The minimum Gasteiger partial charge on any atom is -0.333 e. The Bertz CT molecular complexity index is 416. The van der Waals surface area contributed by atoms with Crippen LogP contribution in [0.1, 0.15) is 65.9 Å². The number of carbonyl (C=O) groups is 3. The zero-order chi connectivity index (χ0) is 24.8. The Morgan fingerprint density at radius 3 is 1.43 bits per heavy atom. The summed E-state index contributed by atoms with van der Waals surface area (Å²) in [7, 11) is 5.25. The summed E-state index contributed by atoms with van der Waals surface area (Å²) in [4.78, 5) is 29.5. The molecule has 1 rings (SSSR count). The van der Waals surface area contributed by atoms with Gasteiger partial charge in [-0.15, -0.1) is 12.6 Å². The average molecular weight is 445 g/mol. The van der Waals surface area contributed by atoms with Crippen molar-refractivity contribution in [1.82, 2.24) is 5.32 Å². The van der Waals surface area contributed by atoms with Gasteiger partial charge in [-0.25, -0.2) is 0 Å². The molecule has 0 spiro atoms. The number of nitrogens with one attached hydrogen (secondary N) is 1. The molecule has 178 valence electrons. The van der Waals surface area contributed by atoms with Crippen molar-refractivity contribution in [2.45, 2.75) is 72.1 Å². The van der Waals surface area contributed by atoms with Crippen molar-refractivity contribution in [2.24, 2.45) is 17.6 Å². The van der Waals surface area contributed by atoms with Crippen molar-refractivity contribution in [2.75, 3.05) is 21.1 Å². The van der Waals surface area contributed by atoms with E-state index in [9.17, 15) is 14.4 Å². The van der Waals surface area contributed by atoms with Crippen molar-refractivity contribution < 1.29 is 14.4 Å². The van der Waals surface area contributed by atoms with Crippen LogP contribution in [0.2, 0.25) is 0 Å². The minimum atomic E-state index is 0.530. The number of carbonyl (C=O) groups excluding carboxylic acids is 3. The zero-order valence-electron chi connectivity index (χ0n) is 20.8. The highest BCUT2D eigenvalue weighted by atomic mass is 32.1. The normalized spacial score (nSPS) is 8.17. The lowest BCUT2D eigenvalue weighted by Gasteiger charge is -1.95. The van der Waals surface area contributed by atoms with E-state index in [1.54, 1.807) is 0 Å². The molecule has 0 amide bonds. The summed E-state index contributed by atoms with van der Waals surface area (Å²) in [5, 5.41) is 2.75. The molecule has 0 aliphatic rings. The van der Waals surface area contributed by atoms with E-state index in [4.69, 9.17) is 0 Å². The van der Waals surface area contributed by atoms with Crippen LogP contribution in [0.25, 0.3) is 0 Å². The second-order valence-corrected chi connectivity index (χ2v) is 7.36. The molecule has 1 aromatic carbocycles. The maximum absolute atomic E-state index is 9.71. The molecule has 30 heavy (non-hydrogen) atoms. The van der Waals surface area contributed by atoms with Crippen LogP contribution in [0.4, 0.5) is 0 Å². The third-order valence-electron chi connectivity index (χ3n) is 2.63. The number of nitrogens with two attached hydrogens (primary N) is 1. The lowest BCUT2D eigenvalue weighted by Crippen LogP contribution is -1.89. The van der Waals surface area contributed by atoms with Gasteiger partial charge >= 0.3 is 0 Å². The maximum atomic E-state index is 9.71. The van der Waals surface area contributed by atoms with Crippen LogP contribution in [0.15, 0.2) is 29.2 Å². The fourth-order valence-electron chi connectivity index (χ4n) is 1.14. The first-order valence-electron chi connectivity index (χ1n) is 10.4. The van der Waals surface area contributed by atoms with Crippen molar-refractivity contribution in [3.05, 3.63) is 29.8 Å². The molecule has 3 N–H and O–H groups in total. The Hall–Kier alpha value is -1.50. The quantitative estimate of drug-likeness (QED) is 0.417. The van der Waals surface area contributed by atoms with Crippen molar-refractivity contribution in [3.63, 3.8) is 0 Å². The topological polar surface area (TPSA) is 89.3 Å². The van der Waals surface area contributed by atoms with Crippen LogP contribution in [-0.2, 0) is 14.4 Å². The molecule has 0 saturated carbocycles. The zero-order valence-corrected chi connectivity index (χ0v) is 21.7. The Kier molecular flexibility index (Phi) is 49.6. The van der Waals surface area contributed by atoms with Crippen LogP contribution in [0, 0.1) is 18.8 Å². The number of thiol groups is 1. The monoisotopic (exact) mass is 444 g/mol. The van der Waals surface area contributed by atoms with Gasteiger partial charge in [0.05, 0.1) is 0 Å². The summed E-state index contributed by atoms with van der Waals surface area (Å²) in [6.45, 7) is 12.1. The Morgan fingerprint density at radius 1 is 0.900 bits per heavy atom. The van der Waals surface area contributed by atoms with Gasteiger partial charge < -0.3 is 25.4 Å². The van der Waals surface area contributed by atoms with Gasteiger partial charge in [-0.1, -0.05) is 52.3 Å². The van der Waals surface area contributed by atoms with E-state index in [1.807, 2.05) is 59.1 Å². The Balaban J connectivity index is -0.0000000882. The van der Waals surface area contributed by atoms with Gasteiger partial charge in [0.2, 0.25) is 0 Å². The fraction of sp³-hybridized carbons (Fsp3) is 0.625. The summed E-state index contributed by atoms with van der Waals surface area (Å²) in [5.41, 5.74) is 5.78. The molecular weight excluding hydrogens is 396 g/mol. The molecule has 5 nitrogen and oxygen atoms in total. The molecular formula is C24H48N2O3S. The first kappa shape index (κ1) is 39.0. The second-order valence-electron chi connectivity index (χ2n) is 6.84. The summed E-state index contributed by atoms with van der Waals surface area (Å²) in [6, 6.07) is 8.06. The number of hydrogen-bond acceptors (Lipinski definition) is 6. The number of aryl methyl sites for hydroxylation is 1. The standard InChI is InChI=1S/C7H8S.C6H12O.C5H10O.C3H6O.C2H7N.CH5N/c1-6-2-4-7(8)5-3-6;1-6(2)4-3-5-7;1-5(2)3-4-6;1-2-3-4;1-3-2;1-2/h2-5,8H,1H3;5-6H,3-4H2,1-2H3;4-5H,3H2,1-2H3;3H,2H2,1H3;3H,1-2H3;2H2,1H3. The van der Waals surface area contributed by atoms with Crippen LogP contribution in [-0.4, -0.2) is 40.0 Å². The smallest absolute Gasteiger partial charge is 0.120 e.